The van der Waals surface area contributed by atoms with E-state index in [4.69, 9.17) is 10.5 Å². The maximum absolute atomic E-state index is 11.9. The van der Waals surface area contributed by atoms with Gasteiger partial charge in [-0.3, -0.25) is 4.21 Å². The van der Waals surface area contributed by atoms with Crippen LogP contribution in [0.2, 0.25) is 0 Å². The molecule has 0 aliphatic carbocycles. The van der Waals surface area contributed by atoms with Gasteiger partial charge in [0.1, 0.15) is 0 Å². The van der Waals surface area contributed by atoms with Crippen LogP contribution in [0, 0.1) is 6.92 Å². The highest BCUT2D eigenvalue weighted by Crippen LogP contribution is 2.09. The van der Waals surface area contributed by atoms with E-state index in [9.17, 15) is 4.21 Å². The first-order valence-corrected chi connectivity index (χ1v) is 6.15. The first-order chi connectivity index (χ1) is 7.13. The van der Waals surface area contributed by atoms with Gasteiger partial charge >= 0.3 is 0 Å². The molecule has 0 bridgehead atoms. The van der Waals surface area contributed by atoms with Crippen molar-refractivity contribution < 1.29 is 8.95 Å². The van der Waals surface area contributed by atoms with Gasteiger partial charge in [-0.05, 0) is 24.6 Å². The summed E-state index contributed by atoms with van der Waals surface area (Å²) in [5, 5.41) is 0. The summed E-state index contributed by atoms with van der Waals surface area (Å²) in [5.41, 5.74) is 6.85. The molecule has 1 rings (SSSR count). The van der Waals surface area contributed by atoms with Gasteiger partial charge in [0.2, 0.25) is 0 Å². The van der Waals surface area contributed by atoms with Crippen molar-refractivity contribution in [3.63, 3.8) is 0 Å². The van der Waals surface area contributed by atoms with Gasteiger partial charge in [-0.2, -0.15) is 0 Å². The van der Waals surface area contributed by atoms with E-state index in [1.54, 1.807) is 7.11 Å². The predicted octanol–water partition coefficient (Wildman–Crippen LogP) is 1.08. The van der Waals surface area contributed by atoms with E-state index in [2.05, 4.69) is 0 Å². The van der Waals surface area contributed by atoms with Crippen molar-refractivity contribution in [2.45, 2.75) is 17.9 Å². The van der Waals surface area contributed by atoms with Crippen molar-refractivity contribution in [3.05, 3.63) is 29.8 Å². The topological polar surface area (TPSA) is 52.3 Å². The predicted molar refractivity (Wildman–Crippen MR) is 62.3 cm³/mol. The zero-order valence-corrected chi connectivity index (χ0v) is 9.92. The maximum atomic E-state index is 11.9. The van der Waals surface area contributed by atoms with Gasteiger partial charge < -0.3 is 10.5 Å². The van der Waals surface area contributed by atoms with Crippen LogP contribution in [0.5, 0.6) is 0 Å². The van der Waals surface area contributed by atoms with E-state index in [0.717, 1.165) is 10.5 Å². The number of benzene rings is 1. The number of methoxy groups -OCH3 is 1. The highest BCUT2D eigenvalue weighted by atomic mass is 32.2. The third-order valence-electron chi connectivity index (χ3n) is 2.00. The Labute approximate surface area is 93.1 Å². The molecule has 2 N–H and O–H groups in total. The largest absolute Gasteiger partial charge is 0.383 e. The van der Waals surface area contributed by atoms with Gasteiger partial charge in [-0.15, -0.1) is 0 Å². The van der Waals surface area contributed by atoms with Gasteiger partial charge in [0.25, 0.3) is 0 Å². The normalized spacial score (nSPS) is 14.9. The summed E-state index contributed by atoms with van der Waals surface area (Å²) in [6.07, 6.45) is 0. The van der Waals surface area contributed by atoms with Gasteiger partial charge in [0, 0.05) is 23.8 Å². The Morgan fingerprint density at radius 3 is 2.87 bits per heavy atom. The smallest absolute Gasteiger partial charge is 0.0622 e. The SMILES string of the molecule is COCC(N)CS(=O)c1cccc(C)c1. The second-order valence-corrected chi connectivity index (χ2v) is 5.04. The quantitative estimate of drug-likeness (QED) is 0.819. The Kier molecular flexibility index (Phi) is 4.94. The fourth-order valence-corrected chi connectivity index (χ4v) is 2.54. The summed E-state index contributed by atoms with van der Waals surface area (Å²) in [5.74, 6) is 0.442. The summed E-state index contributed by atoms with van der Waals surface area (Å²) in [6, 6.07) is 7.51. The van der Waals surface area contributed by atoms with Crippen LogP contribution in [0.3, 0.4) is 0 Å². The number of hydrogen-bond acceptors (Lipinski definition) is 3. The molecular weight excluding hydrogens is 210 g/mol. The fraction of sp³-hybridized carbons (Fsp3) is 0.455. The van der Waals surface area contributed by atoms with Gasteiger partial charge in [0.15, 0.2) is 0 Å². The zero-order chi connectivity index (χ0) is 11.3. The molecule has 0 heterocycles. The molecule has 0 aromatic heterocycles. The Hall–Kier alpha value is -0.710. The summed E-state index contributed by atoms with van der Waals surface area (Å²) >= 11 is 0. The Morgan fingerprint density at radius 2 is 2.27 bits per heavy atom. The van der Waals surface area contributed by atoms with Crippen LogP contribution in [0.25, 0.3) is 0 Å². The third-order valence-corrected chi connectivity index (χ3v) is 3.51. The molecular formula is C11H17NO2S. The van der Waals surface area contributed by atoms with E-state index in [0.29, 0.717) is 12.4 Å². The molecule has 1 aromatic rings. The molecule has 0 fully saturated rings. The monoisotopic (exact) mass is 227 g/mol. The lowest BCUT2D eigenvalue weighted by Gasteiger charge is -2.10. The molecule has 0 radical (unpaired) electrons. The van der Waals surface area contributed by atoms with Crippen molar-refractivity contribution in [3.8, 4) is 0 Å². The molecule has 0 saturated carbocycles. The lowest BCUT2D eigenvalue weighted by atomic mass is 10.2. The fourth-order valence-electron chi connectivity index (χ4n) is 1.31. The number of aryl methyl sites for hydroxylation is 1. The maximum Gasteiger partial charge on any atom is 0.0622 e. The van der Waals surface area contributed by atoms with Crippen LogP contribution in [-0.4, -0.2) is 29.7 Å². The van der Waals surface area contributed by atoms with E-state index >= 15 is 0 Å². The van der Waals surface area contributed by atoms with Crippen molar-refractivity contribution >= 4 is 10.8 Å². The number of ether oxygens (including phenoxy) is 1. The average molecular weight is 227 g/mol. The van der Waals surface area contributed by atoms with Crippen LogP contribution in [0.4, 0.5) is 0 Å². The molecule has 3 nitrogen and oxygen atoms in total. The number of rotatable bonds is 5. The van der Waals surface area contributed by atoms with E-state index in [-0.39, 0.29) is 6.04 Å². The molecule has 0 aliphatic rings. The second kappa shape index (κ2) is 6.00. The molecule has 1 aromatic carbocycles. The van der Waals surface area contributed by atoms with Crippen LogP contribution >= 0.6 is 0 Å². The van der Waals surface area contributed by atoms with Crippen molar-refractivity contribution in [1.29, 1.82) is 0 Å². The number of hydrogen-bond donors (Lipinski definition) is 1. The molecule has 0 spiro atoms. The average Bonchev–Trinajstić information content (AvgIpc) is 2.18. The molecule has 0 aliphatic heterocycles. The van der Waals surface area contributed by atoms with Crippen LogP contribution < -0.4 is 5.73 Å². The molecule has 2 atom stereocenters. The molecule has 0 amide bonds. The van der Waals surface area contributed by atoms with Crippen LogP contribution in [-0.2, 0) is 15.5 Å². The van der Waals surface area contributed by atoms with E-state index in [1.165, 1.54) is 0 Å². The summed E-state index contributed by atoms with van der Waals surface area (Å²) < 4.78 is 16.8. The first kappa shape index (κ1) is 12.4. The Bertz CT molecular complexity index is 341. The molecule has 2 unspecified atom stereocenters. The van der Waals surface area contributed by atoms with Crippen LogP contribution in [0.1, 0.15) is 5.56 Å². The van der Waals surface area contributed by atoms with Crippen molar-refractivity contribution in [2.24, 2.45) is 5.73 Å². The van der Waals surface area contributed by atoms with Gasteiger partial charge in [-0.1, -0.05) is 12.1 Å². The molecule has 15 heavy (non-hydrogen) atoms. The standard InChI is InChI=1S/C11H17NO2S/c1-9-4-3-5-11(6-9)15(13)8-10(12)7-14-2/h3-6,10H,7-8,12H2,1-2H3. The number of nitrogens with two attached hydrogens (primary N) is 1. The Morgan fingerprint density at radius 1 is 1.53 bits per heavy atom. The van der Waals surface area contributed by atoms with Crippen LogP contribution in [0.15, 0.2) is 29.2 Å². The molecule has 84 valence electrons. The second-order valence-electron chi connectivity index (χ2n) is 3.54. The summed E-state index contributed by atoms with van der Waals surface area (Å²) in [6.45, 7) is 2.42. The first-order valence-electron chi connectivity index (χ1n) is 4.83. The minimum atomic E-state index is -1.03. The highest BCUT2D eigenvalue weighted by molar-refractivity contribution is 7.85. The summed E-state index contributed by atoms with van der Waals surface area (Å²) in [4.78, 5) is 0.835. The van der Waals surface area contributed by atoms with Gasteiger partial charge in [-0.25, -0.2) is 0 Å². The molecule has 4 heteroatoms. The molecule has 0 saturated heterocycles. The zero-order valence-electron chi connectivity index (χ0n) is 9.10. The lowest BCUT2D eigenvalue weighted by Crippen LogP contribution is -2.31. The van der Waals surface area contributed by atoms with Crippen molar-refractivity contribution in [2.75, 3.05) is 19.5 Å². The minimum absolute atomic E-state index is 0.170. The minimum Gasteiger partial charge on any atom is -0.383 e. The van der Waals surface area contributed by atoms with Crippen molar-refractivity contribution in [1.82, 2.24) is 0 Å². The third kappa shape index (κ3) is 4.11. The lowest BCUT2D eigenvalue weighted by molar-refractivity contribution is 0.186. The van der Waals surface area contributed by atoms with E-state index < -0.39 is 10.8 Å². The van der Waals surface area contributed by atoms with Gasteiger partial charge in [0.05, 0.1) is 17.4 Å². The van der Waals surface area contributed by atoms with E-state index in [1.807, 2.05) is 31.2 Å². The Balaban J connectivity index is 2.61. The summed E-state index contributed by atoms with van der Waals surface area (Å²) in [7, 11) is 0.562. The highest BCUT2D eigenvalue weighted by Gasteiger charge is 2.09.